The Kier molecular flexibility index (Phi) is 3.97. The predicted octanol–water partition coefficient (Wildman–Crippen LogP) is 2.23. The summed E-state index contributed by atoms with van der Waals surface area (Å²) >= 11 is 0. The van der Waals surface area contributed by atoms with Crippen molar-refractivity contribution in [1.82, 2.24) is 9.88 Å². The van der Waals surface area contributed by atoms with Gasteiger partial charge in [-0.05, 0) is 31.1 Å². The van der Waals surface area contributed by atoms with Gasteiger partial charge in [0, 0.05) is 18.0 Å². The van der Waals surface area contributed by atoms with E-state index in [1.165, 1.54) is 0 Å². The smallest absolute Gasteiger partial charge is 0.246 e. The monoisotopic (exact) mass is 282 g/mol. The second kappa shape index (κ2) is 6.06. The molecule has 0 radical (unpaired) electrons. The lowest BCUT2D eigenvalue weighted by Crippen LogP contribution is -2.36. The van der Waals surface area contributed by atoms with Gasteiger partial charge >= 0.3 is 0 Å². The summed E-state index contributed by atoms with van der Waals surface area (Å²) in [5.74, 6) is -0.0542. The zero-order valence-corrected chi connectivity index (χ0v) is 11.8. The first-order valence-corrected chi connectivity index (χ1v) is 7.23. The number of para-hydroxylation sites is 1. The Bertz CT molecular complexity index is 681. The van der Waals surface area contributed by atoms with Gasteiger partial charge in [-0.1, -0.05) is 24.3 Å². The second-order valence-electron chi connectivity index (χ2n) is 5.27. The Labute approximate surface area is 123 Å². The number of aliphatic hydroxyl groups is 1. The van der Waals surface area contributed by atoms with E-state index >= 15 is 0 Å². The van der Waals surface area contributed by atoms with Gasteiger partial charge in [-0.3, -0.25) is 4.79 Å². The van der Waals surface area contributed by atoms with Crippen LogP contribution in [0, 0.1) is 0 Å². The van der Waals surface area contributed by atoms with Gasteiger partial charge in [0.2, 0.25) is 5.91 Å². The molecule has 1 aromatic carbocycles. The van der Waals surface area contributed by atoms with Gasteiger partial charge < -0.3 is 10.0 Å². The highest BCUT2D eigenvalue weighted by molar-refractivity contribution is 5.92. The SMILES string of the molecule is O=C(C=Cc1ccc2ccccc2n1)N1CCCC1CO. The Balaban J connectivity index is 1.76. The number of hydrogen-bond donors (Lipinski definition) is 1. The summed E-state index contributed by atoms with van der Waals surface area (Å²) in [7, 11) is 0. The molecular formula is C17H18N2O2. The number of carbonyl (C=O) groups excluding carboxylic acids is 1. The number of aromatic nitrogens is 1. The standard InChI is InChI=1S/C17H18N2O2/c20-12-15-5-3-11-19(15)17(21)10-9-14-8-7-13-4-1-2-6-16(13)18-14/h1-2,4,6-10,15,20H,3,5,11-12H2. The molecule has 1 unspecified atom stereocenters. The maximum absolute atomic E-state index is 12.2. The number of aliphatic hydroxyl groups excluding tert-OH is 1. The summed E-state index contributed by atoms with van der Waals surface area (Å²) in [5, 5.41) is 10.3. The summed E-state index contributed by atoms with van der Waals surface area (Å²) in [6.45, 7) is 0.757. The Morgan fingerprint density at radius 1 is 1.33 bits per heavy atom. The zero-order chi connectivity index (χ0) is 14.7. The van der Waals surface area contributed by atoms with Gasteiger partial charge in [-0.2, -0.15) is 0 Å². The van der Waals surface area contributed by atoms with Crippen LogP contribution in [-0.4, -0.2) is 40.1 Å². The molecule has 1 aliphatic rings. The maximum atomic E-state index is 12.2. The normalized spacial score (nSPS) is 18.7. The van der Waals surface area contributed by atoms with E-state index in [2.05, 4.69) is 4.98 Å². The molecule has 1 atom stereocenters. The number of hydrogen-bond acceptors (Lipinski definition) is 3. The van der Waals surface area contributed by atoms with Gasteiger partial charge in [0.15, 0.2) is 0 Å². The van der Waals surface area contributed by atoms with Crippen LogP contribution in [0.4, 0.5) is 0 Å². The summed E-state index contributed by atoms with van der Waals surface area (Å²) in [5.41, 5.74) is 1.68. The molecule has 0 saturated carbocycles. The van der Waals surface area contributed by atoms with Crippen molar-refractivity contribution in [2.45, 2.75) is 18.9 Å². The highest BCUT2D eigenvalue weighted by Crippen LogP contribution is 2.17. The molecule has 1 amide bonds. The fourth-order valence-electron chi connectivity index (χ4n) is 2.74. The van der Waals surface area contributed by atoms with E-state index in [-0.39, 0.29) is 18.6 Å². The Hall–Kier alpha value is -2.20. The summed E-state index contributed by atoms with van der Waals surface area (Å²) < 4.78 is 0. The van der Waals surface area contributed by atoms with Crippen LogP contribution in [0.25, 0.3) is 17.0 Å². The number of benzene rings is 1. The summed E-state index contributed by atoms with van der Waals surface area (Å²) in [6, 6.07) is 11.8. The van der Waals surface area contributed by atoms with Crippen LogP contribution in [-0.2, 0) is 4.79 Å². The first-order chi connectivity index (χ1) is 10.3. The molecule has 4 heteroatoms. The van der Waals surface area contributed by atoms with E-state index in [0.717, 1.165) is 36.0 Å². The number of carbonyl (C=O) groups is 1. The van der Waals surface area contributed by atoms with Crippen molar-refractivity contribution in [3.63, 3.8) is 0 Å². The van der Waals surface area contributed by atoms with E-state index in [4.69, 9.17) is 0 Å². The van der Waals surface area contributed by atoms with Gasteiger partial charge in [-0.25, -0.2) is 4.98 Å². The van der Waals surface area contributed by atoms with Crippen molar-refractivity contribution < 1.29 is 9.90 Å². The Morgan fingerprint density at radius 3 is 3.05 bits per heavy atom. The molecule has 108 valence electrons. The predicted molar refractivity (Wildman–Crippen MR) is 82.6 cm³/mol. The number of pyridine rings is 1. The van der Waals surface area contributed by atoms with Gasteiger partial charge in [0.1, 0.15) is 0 Å². The van der Waals surface area contributed by atoms with Crippen LogP contribution in [0.15, 0.2) is 42.5 Å². The number of rotatable bonds is 3. The van der Waals surface area contributed by atoms with Crippen LogP contribution >= 0.6 is 0 Å². The van der Waals surface area contributed by atoms with Gasteiger partial charge in [0.05, 0.1) is 23.9 Å². The Morgan fingerprint density at radius 2 is 2.19 bits per heavy atom. The number of amides is 1. The number of fused-ring (bicyclic) bond motifs is 1. The fraction of sp³-hybridized carbons (Fsp3) is 0.294. The lowest BCUT2D eigenvalue weighted by molar-refractivity contribution is -0.127. The van der Waals surface area contributed by atoms with E-state index in [9.17, 15) is 9.90 Å². The summed E-state index contributed by atoms with van der Waals surface area (Å²) in [4.78, 5) is 18.4. The minimum atomic E-state index is -0.0542. The number of likely N-dealkylation sites (tertiary alicyclic amines) is 1. The highest BCUT2D eigenvalue weighted by Gasteiger charge is 2.26. The third-order valence-electron chi connectivity index (χ3n) is 3.89. The average molecular weight is 282 g/mol. The summed E-state index contributed by atoms with van der Waals surface area (Å²) in [6.07, 6.45) is 5.12. The molecule has 1 fully saturated rings. The lowest BCUT2D eigenvalue weighted by atomic mass is 10.2. The van der Waals surface area contributed by atoms with Crippen molar-refractivity contribution in [3.8, 4) is 0 Å². The van der Waals surface area contributed by atoms with Crippen molar-refractivity contribution in [2.24, 2.45) is 0 Å². The lowest BCUT2D eigenvalue weighted by Gasteiger charge is -2.21. The van der Waals surface area contributed by atoms with Gasteiger partial charge in [0.25, 0.3) is 0 Å². The van der Waals surface area contributed by atoms with E-state index in [0.29, 0.717) is 0 Å². The third-order valence-corrected chi connectivity index (χ3v) is 3.89. The molecule has 0 spiro atoms. The number of nitrogens with zero attached hydrogens (tertiary/aromatic N) is 2. The highest BCUT2D eigenvalue weighted by atomic mass is 16.3. The molecule has 3 rings (SSSR count). The van der Waals surface area contributed by atoms with Crippen LogP contribution in [0.2, 0.25) is 0 Å². The zero-order valence-electron chi connectivity index (χ0n) is 11.8. The first-order valence-electron chi connectivity index (χ1n) is 7.23. The van der Waals surface area contributed by atoms with Gasteiger partial charge in [-0.15, -0.1) is 0 Å². The fourth-order valence-corrected chi connectivity index (χ4v) is 2.74. The molecule has 4 nitrogen and oxygen atoms in total. The van der Waals surface area contributed by atoms with Crippen LogP contribution < -0.4 is 0 Å². The second-order valence-corrected chi connectivity index (χ2v) is 5.27. The molecule has 0 aliphatic carbocycles. The van der Waals surface area contributed by atoms with Crippen molar-refractivity contribution in [1.29, 1.82) is 0 Å². The molecule has 1 aromatic heterocycles. The average Bonchev–Trinajstić information content (AvgIpc) is 3.01. The van der Waals surface area contributed by atoms with Crippen molar-refractivity contribution in [3.05, 3.63) is 48.2 Å². The molecule has 1 N–H and O–H groups in total. The van der Waals surface area contributed by atoms with E-state index in [1.807, 2.05) is 36.4 Å². The minimum absolute atomic E-state index is 0.0355. The largest absolute Gasteiger partial charge is 0.394 e. The molecule has 1 saturated heterocycles. The molecule has 21 heavy (non-hydrogen) atoms. The quantitative estimate of drug-likeness (QED) is 0.878. The van der Waals surface area contributed by atoms with Crippen LogP contribution in [0.5, 0.6) is 0 Å². The van der Waals surface area contributed by atoms with E-state index < -0.39 is 0 Å². The maximum Gasteiger partial charge on any atom is 0.246 e. The molecule has 2 heterocycles. The van der Waals surface area contributed by atoms with Crippen LogP contribution in [0.3, 0.4) is 0 Å². The topological polar surface area (TPSA) is 53.4 Å². The molecule has 1 aliphatic heterocycles. The van der Waals surface area contributed by atoms with Crippen LogP contribution in [0.1, 0.15) is 18.5 Å². The van der Waals surface area contributed by atoms with Crippen molar-refractivity contribution in [2.75, 3.05) is 13.2 Å². The molecular weight excluding hydrogens is 264 g/mol. The minimum Gasteiger partial charge on any atom is -0.394 e. The molecule has 2 aromatic rings. The van der Waals surface area contributed by atoms with E-state index in [1.54, 1.807) is 17.1 Å². The van der Waals surface area contributed by atoms with Crippen molar-refractivity contribution >= 4 is 22.9 Å². The third kappa shape index (κ3) is 2.95. The first kappa shape index (κ1) is 13.8. The molecule has 0 bridgehead atoms.